The van der Waals surface area contributed by atoms with Gasteiger partial charge in [0.15, 0.2) is 0 Å². The standard InChI is InChI=1S/C20H26N2O3/c1-15(17-8-4-3-5-9-17)16(2)22-20(24)21-14-18-10-6-7-11-19(18)25-13-12-23/h3-11,15-16,23H,12-14H2,1-2H3,(H2,21,22,24). The Hall–Kier alpha value is -2.53. The molecular weight excluding hydrogens is 316 g/mol. The van der Waals surface area contributed by atoms with Crippen LogP contribution in [0, 0.1) is 0 Å². The van der Waals surface area contributed by atoms with Gasteiger partial charge in [-0.25, -0.2) is 4.79 Å². The number of para-hydroxylation sites is 1. The van der Waals surface area contributed by atoms with Crippen LogP contribution in [0.15, 0.2) is 54.6 Å². The fraction of sp³-hybridized carbons (Fsp3) is 0.350. The van der Waals surface area contributed by atoms with Gasteiger partial charge in [0.1, 0.15) is 12.4 Å². The molecule has 5 heteroatoms. The zero-order chi connectivity index (χ0) is 18.1. The maximum atomic E-state index is 12.2. The smallest absolute Gasteiger partial charge is 0.315 e. The van der Waals surface area contributed by atoms with E-state index in [1.807, 2.05) is 49.4 Å². The number of aliphatic hydroxyl groups is 1. The topological polar surface area (TPSA) is 70.6 Å². The third-order valence-electron chi connectivity index (χ3n) is 4.19. The van der Waals surface area contributed by atoms with E-state index in [1.54, 1.807) is 0 Å². The lowest BCUT2D eigenvalue weighted by molar-refractivity contribution is 0.200. The van der Waals surface area contributed by atoms with Crippen molar-refractivity contribution in [3.05, 3.63) is 65.7 Å². The van der Waals surface area contributed by atoms with E-state index in [1.165, 1.54) is 5.56 Å². The van der Waals surface area contributed by atoms with Crippen LogP contribution in [0.2, 0.25) is 0 Å². The first kappa shape index (κ1) is 18.8. The van der Waals surface area contributed by atoms with Crippen molar-refractivity contribution >= 4 is 6.03 Å². The van der Waals surface area contributed by atoms with Crippen LogP contribution in [-0.2, 0) is 6.54 Å². The highest BCUT2D eigenvalue weighted by Crippen LogP contribution is 2.19. The molecule has 0 heterocycles. The normalized spacial score (nSPS) is 12.9. The van der Waals surface area contributed by atoms with Crippen molar-refractivity contribution in [2.24, 2.45) is 0 Å². The van der Waals surface area contributed by atoms with Crippen LogP contribution in [0.5, 0.6) is 5.75 Å². The SMILES string of the molecule is CC(NC(=O)NCc1ccccc1OCCO)C(C)c1ccccc1. The maximum Gasteiger partial charge on any atom is 0.315 e. The first-order valence-electron chi connectivity index (χ1n) is 8.52. The third-order valence-corrected chi connectivity index (χ3v) is 4.19. The number of hydrogen-bond donors (Lipinski definition) is 3. The van der Waals surface area contributed by atoms with E-state index in [0.29, 0.717) is 12.3 Å². The summed E-state index contributed by atoms with van der Waals surface area (Å²) < 4.78 is 5.47. The number of rotatable bonds is 8. The Labute approximate surface area is 149 Å². The predicted molar refractivity (Wildman–Crippen MR) is 98.7 cm³/mol. The van der Waals surface area contributed by atoms with Gasteiger partial charge >= 0.3 is 6.03 Å². The highest BCUT2D eigenvalue weighted by molar-refractivity contribution is 5.74. The van der Waals surface area contributed by atoms with Crippen LogP contribution in [-0.4, -0.2) is 30.4 Å². The van der Waals surface area contributed by atoms with Crippen molar-refractivity contribution in [2.45, 2.75) is 32.4 Å². The molecule has 2 rings (SSSR count). The van der Waals surface area contributed by atoms with Gasteiger partial charge < -0.3 is 20.5 Å². The minimum atomic E-state index is -0.216. The molecule has 0 saturated carbocycles. The number of hydrogen-bond acceptors (Lipinski definition) is 3. The Bertz CT molecular complexity index is 661. The minimum Gasteiger partial charge on any atom is -0.491 e. The van der Waals surface area contributed by atoms with E-state index >= 15 is 0 Å². The van der Waals surface area contributed by atoms with Crippen LogP contribution < -0.4 is 15.4 Å². The summed E-state index contributed by atoms with van der Waals surface area (Å²) in [6, 6.07) is 17.4. The van der Waals surface area contributed by atoms with Crippen LogP contribution in [0.3, 0.4) is 0 Å². The summed E-state index contributed by atoms with van der Waals surface area (Å²) in [7, 11) is 0. The van der Waals surface area contributed by atoms with Gasteiger partial charge in [-0.05, 0) is 18.6 Å². The molecule has 3 N–H and O–H groups in total. The second kappa shape index (κ2) is 9.69. The molecule has 0 saturated heterocycles. The summed E-state index contributed by atoms with van der Waals surface area (Å²) in [4.78, 5) is 12.2. The molecule has 2 atom stereocenters. The Morgan fingerprint density at radius 3 is 2.48 bits per heavy atom. The number of carbonyl (C=O) groups excluding carboxylic acids is 1. The van der Waals surface area contributed by atoms with Gasteiger partial charge in [-0.3, -0.25) is 0 Å². The molecule has 2 unspecified atom stereocenters. The lowest BCUT2D eigenvalue weighted by Crippen LogP contribution is -2.42. The minimum absolute atomic E-state index is 0.00304. The van der Waals surface area contributed by atoms with Gasteiger partial charge in [-0.15, -0.1) is 0 Å². The molecule has 0 spiro atoms. The summed E-state index contributed by atoms with van der Waals surface area (Å²) in [6.45, 7) is 4.64. The Kier molecular flexibility index (Phi) is 7.29. The largest absolute Gasteiger partial charge is 0.491 e. The number of benzene rings is 2. The van der Waals surface area contributed by atoms with Crippen molar-refractivity contribution in [2.75, 3.05) is 13.2 Å². The second-order valence-corrected chi connectivity index (χ2v) is 5.99. The van der Waals surface area contributed by atoms with Gasteiger partial charge in [-0.1, -0.05) is 55.5 Å². The average Bonchev–Trinajstić information content (AvgIpc) is 2.65. The first-order valence-corrected chi connectivity index (χ1v) is 8.52. The first-order chi connectivity index (χ1) is 12.1. The predicted octanol–water partition coefficient (Wildman–Crippen LogP) is 3.05. The van der Waals surface area contributed by atoms with Gasteiger partial charge in [0.05, 0.1) is 6.61 Å². The number of nitrogens with one attached hydrogen (secondary N) is 2. The molecule has 0 aliphatic heterocycles. The molecule has 2 amide bonds. The Balaban J connectivity index is 1.86. The lowest BCUT2D eigenvalue weighted by atomic mass is 9.95. The molecule has 25 heavy (non-hydrogen) atoms. The summed E-state index contributed by atoms with van der Waals surface area (Å²) in [5.41, 5.74) is 2.06. The molecule has 0 radical (unpaired) electrons. The van der Waals surface area contributed by atoms with E-state index in [2.05, 4.69) is 29.7 Å². The van der Waals surface area contributed by atoms with Crippen molar-refractivity contribution in [3.63, 3.8) is 0 Å². The quantitative estimate of drug-likeness (QED) is 0.690. The molecule has 0 aromatic heterocycles. The summed E-state index contributed by atoms with van der Waals surface area (Å²) in [5, 5.41) is 14.7. The van der Waals surface area contributed by atoms with E-state index < -0.39 is 0 Å². The van der Waals surface area contributed by atoms with E-state index in [0.717, 1.165) is 5.56 Å². The molecule has 134 valence electrons. The maximum absolute atomic E-state index is 12.2. The van der Waals surface area contributed by atoms with Gasteiger partial charge in [0.2, 0.25) is 0 Å². The molecule has 2 aromatic rings. The van der Waals surface area contributed by atoms with Crippen LogP contribution >= 0.6 is 0 Å². The van der Waals surface area contributed by atoms with Gasteiger partial charge in [0, 0.05) is 24.1 Å². The van der Waals surface area contributed by atoms with Crippen molar-refractivity contribution in [1.82, 2.24) is 10.6 Å². The van der Waals surface area contributed by atoms with Gasteiger partial charge in [-0.2, -0.15) is 0 Å². The zero-order valence-corrected chi connectivity index (χ0v) is 14.7. The van der Waals surface area contributed by atoms with E-state index in [9.17, 15) is 4.79 Å². The van der Waals surface area contributed by atoms with Crippen molar-refractivity contribution in [1.29, 1.82) is 0 Å². The monoisotopic (exact) mass is 342 g/mol. The van der Waals surface area contributed by atoms with Crippen molar-refractivity contribution < 1.29 is 14.6 Å². The van der Waals surface area contributed by atoms with Crippen LogP contribution in [0.1, 0.15) is 30.9 Å². The number of ether oxygens (including phenoxy) is 1. The third kappa shape index (κ3) is 5.80. The molecule has 2 aromatic carbocycles. The average molecular weight is 342 g/mol. The number of aliphatic hydroxyl groups excluding tert-OH is 1. The number of carbonyl (C=O) groups is 1. The van der Waals surface area contributed by atoms with E-state index in [4.69, 9.17) is 9.84 Å². The Morgan fingerprint density at radius 1 is 1.08 bits per heavy atom. The van der Waals surface area contributed by atoms with Crippen molar-refractivity contribution in [3.8, 4) is 5.75 Å². The van der Waals surface area contributed by atoms with Crippen LogP contribution in [0.4, 0.5) is 4.79 Å². The van der Waals surface area contributed by atoms with Gasteiger partial charge in [0.25, 0.3) is 0 Å². The summed E-state index contributed by atoms with van der Waals surface area (Å²) in [6.07, 6.45) is 0. The summed E-state index contributed by atoms with van der Waals surface area (Å²) in [5.74, 6) is 0.884. The number of amides is 2. The molecule has 0 aliphatic rings. The second-order valence-electron chi connectivity index (χ2n) is 5.99. The molecule has 0 fully saturated rings. The molecule has 0 bridgehead atoms. The highest BCUT2D eigenvalue weighted by atomic mass is 16.5. The van der Waals surface area contributed by atoms with Crippen LogP contribution in [0.25, 0.3) is 0 Å². The number of urea groups is 1. The van der Waals surface area contributed by atoms with E-state index in [-0.39, 0.29) is 31.2 Å². The fourth-order valence-corrected chi connectivity index (χ4v) is 2.55. The lowest BCUT2D eigenvalue weighted by Gasteiger charge is -2.22. The zero-order valence-electron chi connectivity index (χ0n) is 14.7. The summed E-state index contributed by atoms with van der Waals surface area (Å²) >= 11 is 0. The Morgan fingerprint density at radius 2 is 1.76 bits per heavy atom. The molecular formula is C20H26N2O3. The molecule has 0 aliphatic carbocycles. The molecule has 5 nitrogen and oxygen atoms in total. The highest BCUT2D eigenvalue weighted by Gasteiger charge is 2.16. The fourth-order valence-electron chi connectivity index (χ4n) is 2.55.